The van der Waals surface area contributed by atoms with Gasteiger partial charge in [-0.1, -0.05) is 30.9 Å². The smallest absolute Gasteiger partial charge is 0.191 e. The van der Waals surface area contributed by atoms with Crippen molar-refractivity contribution in [3.05, 3.63) is 60.9 Å². The number of rotatable bonds is 10. The Morgan fingerprint density at radius 3 is 2.88 bits per heavy atom. The lowest BCUT2D eigenvalue weighted by Gasteiger charge is -2.12. The van der Waals surface area contributed by atoms with Crippen LogP contribution < -0.4 is 15.4 Å². The molecule has 2 N–H and O–H groups in total. The van der Waals surface area contributed by atoms with E-state index >= 15 is 0 Å². The third kappa shape index (κ3) is 7.90. The molecular weight excluding hydrogens is 441 g/mol. The summed E-state index contributed by atoms with van der Waals surface area (Å²) in [5.74, 6) is 1.65. The molecule has 0 aliphatic carbocycles. The standard InChI is InChI=1S/C19H27N5O.HI/c1-3-15-25-18-10-6-5-9-17(18)16-22-19(20-4-2)21-11-7-13-24-14-8-12-23-24;/h3,5-6,8-10,12,14H,1,4,7,11,13,15-16H2,2H3,(H2,20,21,22);1H. The summed E-state index contributed by atoms with van der Waals surface area (Å²) in [7, 11) is 0. The summed E-state index contributed by atoms with van der Waals surface area (Å²) in [5, 5.41) is 10.8. The van der Waals surface area contributed by atoms with Crippen molar-refractivity contribution in [3.63, 3.8) is 0 Å². The number of nitrogens with one attached hydrogen (secondary N) is 2. The second-order valence-electron chi connectivity index (χ2n) is 5.45. The molecule has 0 saturated carbocycles. The predicted molar refractivity (Wildman–Crippen MR) is 117 cm³/mol. The topological polar surface area (TPSA) is 63.5 Å². The van der Waals surface area contributed by atoms with Crippen molar-refractivity contribution in [2.75, 3.05) is 19.7 Å². The van der Waals surface area contributed by atoms with Crippen LogP contribution in [0.2, 0.25) is 0 Å². The molecule has 0 aliphatic heterocycles. The Morgan fingerprint density at radius 2 is 2.15 bits per heavy atom. The van der Waals surface area contributed by atoms with Crippen molar-refractivity contribution in [3.8, 4) is 5.75 Å². The first-order valence-electron chi connectivity index (χ1n) is 8.64. The molecule has 1 aromatic carbocycles. The van der Waals surface area contributed by atoms with Crippen LogP contribution in [0, 0.1) is 0 Å². The van der Waals surface area contributed by atoms with Gasteiger partial charge in [-0.05, 0) is 25.5 Å². The van der Waals surface area contributed by atoms with Crippen LogP contribution in [-0.2, 0) is 13.1 Å². The highest BCUT2D eigenvalue weighted by Crippen LogP contribution is 2.18. The van der Waals surface area contributed by atoms with E-state index < -0.39 is 0 Å². The number of benzene rings is 1. The number of hydrogen-bond donors (Lipinski definition) is 2. The van der Waals surface area contributed by atoms with Crippen molar-refractivity contribution >= 4 is 29.9 Å². The average molecular weight is 469 g/mol. The molecule has 0 atom stereocenters. The molecule has 26 heavy (non-hydrogen) atoms. The average Bonchev–Trinajstić information content (AvgIpc) is 3.15. The quantitative estimate of drug-likeness (QED) is 0.185. The number of hydrogen-bond acceptors (Lipinski definition) is 3. The van der Waals surface area contributed by atoms with Gasteiger partial charge < -0.3 is 15.4 Å². The Hall–Kier alpha value is -2.03. The van der Waals surface area contributed by atoms with Gasteiger partial charge in [0.15, 0.2) is 5.96 Å². The van der Waals surface area contributed by atoms with E-state index in [1.165, 1.54) is 0 Å². The number of ether oxygens (including phenoxy) is 1. The summed E-state index contributed by atoms with van der Waals surface area (Å²) >= 11 is 0. The maximum absolute atomic E-state index is 5.68. The van der Waals surface area contributed by atoms with Gasteiger partial charge in [0, 0.05) is 37.6 Å². The molecule has 2 aromatic rings. The highest BCUT2D eigenvalue weighted by atomic mass is 127. The summed E-state index contributed by atoms with van der Waals surface area (Å²) in [4.78, 5) is 4.65. The molecule has 6 nitrogen and oxygen atoms in total. The van der Waals surface area contributed by atoms with Gasteiger partial charge >= 0.3 is 0 Å². The molecule has 2 rings (SSSR count). The first-order chi connectivity index (χ1) is 12.3. The van der Waals surface area contributed by atoms with Crippen molar-refractivity contribution in [2.24, 2.45) is 4.99 Å². The zero-order valence-electron chi connectivity index (χ0n) is 15.2. The highest BCUT2D eigenvalue weighted by molar-refractivity contribution is 14.0. The molecule has 0 saturated heterocycles. The summed E-state index contributed by atoms with van der Waals surface area (Å²) in [5.41, 5.74) is 1.05. The number of para-hydroxylation sites is 1. The molecule has 0 bridgehead atoms. The minimum absolute atomic E-state index is 0. The predicted octanol–water partition coefficient (Wildman–Crippen LogP) is 3.21. The fraction of sp³-hybridized carbons (Fsp3) is 0.368. The number of nitrogens with zero attached hydrogens (tertiary/aromatic N) is 3. The van der Waals surface area contributed by atoms with Gasteiger partial charge in [0.25, 0.3) is 0 Å². The van der Waals surface area contributed by atoms with Crippen LogP contribution in [0.1, 0.15) is 18.9 Å². The zero-order chi connectivity index (χ0) is 17.7. The van der Waals surface area contributed by atoms with Crippen LogP contribution in [0.3, 0.4) is 0 Å². The Labute approximate surface area is 172 Å². The molecule has 1 heterocycles. The van der Waals surface area contributed by atoms with Crippen molar-refractivity contribution in [1.29, 1.82) is 0 Å². The third-order valence-electron chi connectivity index (χ3n) is 3.50. The number of aliphatic imine (C=N–C) groups is 1. The summed E-state index contributed by atoms with van der Waals surface area (Å²) in [6.07, 6.45) is 6.49. The first-order valence-corrected chi connectivity index (χ1v) is 8.64. The Bertz CT molecular complexity index is 658. The second-order valence-corrected chi connectivity index (χ2v) is 5.45. The molecule has 0 amide bonds. The number of halogens is 1. The number of aromatic nitrogens is 2. The van der Waals surface area contributed by atoms with Crippen LogP contribution in [0.4, 0.5) is 0 Å². The van der Waals surface area contributed by atoms with E-state index in [1.807, 2.05) is 41.2 Å². The fourth-order valence-corrected chi connectivity index (χ4v) is 2.31. The maximum Gasteiger partial charge on any atom is 0.191 e. The van der Waals surface area contributed by atoms with Gasteiger partial charge in [-0.15, -0.1) is 24.0 Å². The molecule has 0 fully saturated rings. The molecule has 0 spiro atoms. The minimum atomic E-state index is 0. The van der Waals surface area contributed by atoms with E-state index in [9.17, 15) is 0 Å². The molecule has 0 unspecified atom stereocenters. The maximum atomic E-state index is 5.68. The van der Waals surface area contributed by atoms with Crippen molar-refractivity contribution in [2.45, 2.75) is 26.4 Å². The lowest BCUT2D eigenvalue weighted by Crippen LogP contribution is -2.38. The van der Waals surface area contributed by atoms with E-state index in [1.54, 1.807) is 12.3 Å². The van der Waals surface area contributed by atoms with Gasteiger partial charge in [0.05, 0.1) is 6.54 Å². The van der Waals surface area contributed by atoms with E-state index in [2.05, 4.69) is 34.2 Å². The van der Waals surface area contributed by atoms with Crippen molar-refractivity contribution in [1.82, 2.24) is 20.4 Å². The van der Waals surface area contributed by atoms with Gasteiger partial charge in [-0.25, -0.2) is 4.99 Å². The first kappa shape index (κ1) is 22.0. The SMILES string of the molecule is C=CCOc1ccccc1CN=C(NCC)NCCCn1cccn1.I. The lowest BCUT2D eigenvalue weighted by atomic mass is 10.2. The van der Waals surface area contributed by atoms with E-state index in [0.29, 0.717) is 13.2 Å². The Kier molecular flexibility index (Phi) is 11.2. The largest absolute Gasteiger partial charge is 0.489 e. The Balaban J connectivity index is 0.00000338. The zero-order valence-corrected chi connectivity index (χ0v) is 17.6. The fourth-order valence-electron chi connectivity index (χ4n) is 2.31. The van der Waals surface area contributed by atoms with Gasteiger partial charge in [0.2, 0.25) is 0 Å². The van der Waals surface area contributed by atoms with Crippen LogP contribution in [0.5, 0.6) is 5.75 Å². The summed E-state index contributed by atoms with van der Waals surface area (Å²) in [6, 6.07) is 9.88. The lowest BCUT2D eigenvalue weighted by molar-refractivity contribution is 0.359. The van der Waals surface area contributed by atoms with Crippen LogP contribution in [0.25, 0.3) is 0 Å². The summed E-state index contributed by atoms with van der Waals surface area (Å²) in [6.45, 7) is 9.33. The van der Waals surface area contributed by atoms with Gasteiger partial charge in [-0.2, -0.15) is 5.10 Å². The molecule has 0 radical (unpaired) electrons. The number of aryl methyl sites for hydroxylation is 1. The molecule has 0 aliphatic rings. The van der Waals surface area contributed by atoms with Crippen molar-refractivity contribution < 1.29 is 4.74 Å². The van der Waals surface area contributed by atoms with Crippen LogP contribution in [-0.4, -0.2) is 35.4 Å². The third-order valence-corrected chi connectivity index (χ3v) is 3.50. The highest BCUT2D eigenvalue weighted by Gasteiger charge is 2.03. The number of guanidine groups is 1. The van der Waals surface area contributed by atoms with Crippen LogP contribution >= 0.6 is 24.0 Å². The van der Waals surface area contributed by atoms with Gasteiger partial charge in [0.1, 0.15) is 12.4 Å². The van der Waals surface area contributed by atoms with E-state index in [0.717, 1.165) is 43.3 Å². The molecule has 1 aromatic heterocycles. The Morgan fingerprint density at radius 1 is 1.31 bits per heavy atom. The second kappa shape index (κ2) is 13.2. The molecule has 7 heteroatoms. The van der Waals surface area contributed by atoms with Gasteiger partial charge in [-0.3, -0.25) is 4.68 Å². The normalized spacial score (nSPS) is 10.7. The monoisotopic (exact) mass is 469 g/mol. The minimum Gasteiger partial charge on any atom is -0.489 e. The molecule has 142 valence electrons. The van der Waals surface area contributed by atoms with Crippen LogP contribution in [0.15, 0.2) is 60.4 Å². The summed E-state index contributed by atoms with van der Waals surface area (Å²) < 4.78 is 7.61. The van der Waals surface area contributed by atoms with E-state index in [4.69, 9.17) is 4.74 Å². The molecular formula is C19H28IN5O. The van der Waals surface area contributed by atoms with E-state index in [-0.39, 0.29) is 24.0 Å².